The third kappa shape index (κ3) is 4.60. The van der Waals surface area contributed by atoms with Crippen LogP contribution in [0, 0.1) is 0 Å². The molecule has 4 aliphatic rings. The van der Waals surface area contributed by atoms with Gasteiger partial charge in [0.25, 0.3) is 5.91 Å². The van der Waals surface area contributed by atoms with E-state index in [-0.39, 0.29) is 11.7 Å². The van der Waals surface area contributed by atoms with Gasteiger partial charge in [-0.2, -0.15) is 8.78 Å². The maximum atomic E-state index is 13.1. The van der Waals surface area contributed by atoms with E-state index < -0.39 is 12.7 Å². The third-order valence-electron chi connectivity index (χ3n) is 5.37. The van der Waals surface area contributed by atoms with E-state index in [0.29, 0.717) is 47.7 Å². The Hall–Kier alpha value is -2.93. The quantitative estimate of drug-likeness (QED) is 0.550. The summed E-state index contributed by atoms with van der Waals surface area (Å²) in [6.45, 7) is -1.34. The number of alkyl halides is 2. The molecular formula is C21H22F2N6O3S. The molecule has 3 N–H and O–H groups in total. The molecule has 1 aromatic rings. The molecule has 0 bridgehead atoms. The first-order chi connectivity index (χ1) is 16.0. The first-order valence-corrected chi connectivity index (χ1v) is 11.2. The second kappa shape index (κ2) is 9.14. The minimum Gasteiger partial charge on any atom is -0.434 e. The van der Waals surface area contributed by atoms with Crippen LogP contribution in [0.5, 0.6) is 5.75 Å². The predicted octanol–water partition coefficient (Wildman–Crippen LogP) is 1.86. The van der Waals surface area contributed by atoms with Gasteiger partial charge in [0.2, 0.25) is 0 Å². The number of carbonyl (C=O) groups excluding carboxylic acids is 1. The molecule has 1 atom stereocenters. The average Bonchev–Trinajstić information content (AvgIpc) is 3.34. The summed E-state index contributed by atoms with van der Waals surface area (Å²) in [5, 5.41) is 6.60. The number of hydrazine groups is 2. The number of aliphatic imine (C=N–C) groups is 1. The second-order valence-electron chi connectivity index (χ2n) is 7.69. The molecule has 1 fully saturated rings. The van der Waals surface area contributed by atoms with Crippen molar-refractivity contribution in [1.29, 1.82) is 0 Å². The zero-order valence-corrected chi connectivity index (χ0v) is 18.4. The van der Waals surface area contributed by atoms with Crippen LogP contribution in [0.3, 0.4) is 0 Å². The Bertz CT molecular complexity index is 1070. The zero-order chi connectivity index (χ0) is 22.9. The van der Waals surface area contributed by atoms with E-state index in [0.717, 1.165) is 4.90 Å². The first-order valence-electron chi connectivity index (χ1n) is 10.3. The zero-order valence-electron chi connectivity index (χ0n) is 17.6. The monoisotopic (exact) mass is 476 g/mol. The maximum absolute atomic E-state index is 13.1. The summed E-state index contributed by atoms with van der Waals surface area (Å²) in [6, 6.07) is 4.52. The van der Waals surface area contributed by atoms with Gasteiger partial charge in [0.15, 0.2) is 5.82 Å². The van der Waals surface area contributed by atoms with E-state index >= 15 is 0 Å². The van der Waals surface area contributed by atoms with Crippen LogP contribution in [-0.2, 0) is 9.53 Å². The van der Waals surface area contributed by atoms with Crippen molar-refractivity contribution in [3.8, 4) is 5.75 Å². The molecule has 4 heterocycles. The average molecular weight is 477 g/mol. The molecule has 0 saturated carbocycles. The Balaban J connectivity index is 1.41. The number of rotatable bonds is 7. The van der Waals surface area contributed by atoms with E-state index in [9.17, 15) is 13.6 Å². The molecule has 1 amide bonds. The van der Waals surface area contributed by atoms with Crippen LogP contribution in [0.15, 0.2) is 63.7 Å². The highest BCUT2D eigenvalue weighted by atomic mass is 32.2. The molecule has 1 saturated heterocycles. The summed E-state index contributed by atoms with van der Waals surface area (Å²) in [7, 11) is 1.76. The van der Waals surface area contributed by atoms with Gasteiger partial charge in [-0.25, -0.2) is 15.8 Å². The van der Waals surface area contributed by atoms with Gasteiger partial charge < -0.3 is 19.8 Å². The van der Waals surface area contributed by atoms with Crippen molar-refractivity contribution in [3.05, 3.63) is 59.3 Å². The van der Waals surface area contributed by atoms with Crippen LogP contribution in [-0.4, -0.2) is 60.8 Å². The molecule has 0 aliphatic carbocycles. The van der Waals surface area contributed by atoms with Crippen molar-refractivity contribution in [2.75, 3.05) is 26.8 Å². The fourth-order valence-corrected chi connectivity index (χ4v) is 4.85. The molecule has 1 unspecified atom stereocenters. The number of allylic oxidation sites excluding steroid dienone is 1. The van der Waals surface area contributed by atoms with Crippen molar-refractivity contribution in [2.24, 2.45) is 4.99 Å². The summed E-state index contributed by atoms with van der Waals surface area (Å²) in [4.78, 5) is 18.2. The van der Waals surface area contributed by atoms with Crippen molar-refractivity contribution in [3.63, 3.8) is 0 Å². The number of benzene rings is 1. The molecule has 0 spiro atoms. The molecule has 1 aromatic carbocycles. The lowest BCUT2D eigenvalue weighted by Crippen LogP contribution is -2.33. The Morgan fingerprint density at radius 3 is 3.00 bits per heavy atom. The Kier molecular flexibility index (Phi) is 6.06. The summed E-state index contributed by atoms with van der Waals surface area (Å²) in [6.07, 6.45) is 6.87. The number of fused-ring (bicyclic) bond motifs is 1. The van der Waals surface area contributed by atoms with E-state index in [1.807, 2.05) is 6.07 Å². The third-order valence-corrected chi connectivity index (χ3v) is 6.50. The summed E-state index contributed by atoms with van der Waals surface area (Å²) >= 11 is 1.62. The Morgan fingerprint density at radius 1 is 1.39 bits per heavy atom. The predicted molar refractivity (Wildman–Crippen MR) is 118 cm³/mol. The fraction of sp³-hybridized carbons (Fsp3) is 0.333. The van der Waals surface area contributed by atoms with Gasteiger partial charge in [0, 0.05) is 42.7 Å². The number of nitrogens with zero attached hydrogens (tertiary/aromatic N) is 3. The maximum Gasteiger partial charge on any atom is 0.387 e. The number of amides is 1. The number of carbonyl (C=O) groups is 1. The minimum absolute atomic E-state index is 0.0462. The normalized spacial score (nSPS) is 22.1. The highest BCUT2D eigenvalue weighted by Gasteiger charge is 2.32. The Morgan fingerprint density at radius 2 is 2.24 bits per heavy atom. The number of ether oxygens (including phenoxy) is 2. The van der Waals surface area contributed by atoms with Crippen molar-refractivity contribution in [2.45, 2.75) is 22.8 Å². The van der Waals surface area contributed by atoms with Crippen LogP contribution < -0.4 is 20.9 Å². The van der Waals surface area contributed by atoms with Crippen LogP contribution in [0.4, 0.5) is 8.78 Å². The van der Waals surface area contributed by atoms with E-state index in [1.165, 1.54) is 6.07 Å². The smallest absolute Gasteiger partial charge is 0.387 e. The minimum atomic E-state index is -2.97. The molecule has 33 heavy (non-hydrogen) atoms. The van der Waals surface area contributed by atoms with E-state index in [2.05, 4.69) is 21.2 Å². The molecule has 4 aliphatic heterocycles. The van der Waals surface area contributed by atoms with Gasteiger partial charge >= 0.3 is 6.61 Å². The second-order valence-corrected chi connectivity index (χ2v) is 9.07. The van der Waals surface area contributed by atoms with Crippen LogP contribution in [0.2, 0.25) is 0 Å². The summed E-state index contributed by atoms with van der Waals surface area (Å²) in [5.41, 5.74) is 7.73. The van der Waals surface area contributed by atoms with Gasteiger partial charge in [-0.3, -0.25) is 9.80 Å². The SMILES string of the molecule is CN1C=C(NC(=O)C2=C3N=CC=CN3NC2)C(c2cc(SC3COC3)ccc2OC(F)F)N1. The van der Waals surface area contributed by atoms with Gasteiger partial charge in [-0.1, -0.05) is 0 Å². The number of hydrogen-bond donors (Lipinski definition) is 3. The van der Waals surface area contributed by atoms with Crippen molar-refractivity contribution >= 4 is 23.9 Å². The van der Waals surface area contributed by atoms with Crippen LogP contribution >= 0.6 is 11.8 Å². The first kappa shape index (κ1) is 21.9. The summed E-state index contributed by atoms with van der Waals surface area (Å²) < 4.78 is 36.3. The van der Waals surface area contributed by atoms with Crippen molar-refractivity contribution in [1.82, 2.24) is 26.2 Å². The molecule has 5 rings (SSSR count). The van der Waals surface area contributed by atoms with Gasteiger partial charge in [0.05, 0.1) is 35.8 Å². The highest BCUT2D eigenvalue weighted by molar-refractivity contribution is 8.00. The van der Waals surface area contributed by atoms with Crippen molar-refractivity contribution < 1.29 is 23.0 Å². The lowest BCUT2D eigenvalue weighted by atomic mass is 10.0. The van der Waals surface area contributed by atoms with E-state index in [1.54, 1.807) is 59.6 Å². The summed E-state index contributed by atoms with van der Waals surface area (Å²) in [5.74, 6) is 0.244. The lowest BCUT2D eigenvalue weighted by molar-refractivity contribution is -0.116. The molecular weight excluding hydrogens is 454 g/mol. The molecule has 174 valence electrons. The van der Waals surface area contributed by atoms with Gasteiger partial charge in [-0.15, -0.1) is 11.8 Å². The molecule has 12 heteroatoms. The molecule has 0 radical (unpaired) electrons. The number of thioether (sulfide) groups is 1. The Labute approximate surface area is 193 Å². The number of halogens is 2. The standard InChI is InChI=1S/C21H22F2N6O3S/c1-28-9-16(26-20(30)15-8-25-29-6-2-5-24-19(15)29)18(27-28)14-7-12(33-13-10-31-11-13)3-4-17(14)32-21(22)23/h2-7,9,13,18,21,25,27H,8,10-11H2,1H3,(H,26,30). The van der Waals surface area contributed by atoms with Crippen LogP contribution in [0.25, 0.3) is 0 Å². The topological polar surface area (TPSA) is 90.5 Å². The number of nitrogens with one attached hydrogen (secondary N) is 3. The van der Waals surface area contributed by atoms with Gasteiger partial charge in [-0.05, 0) is 24.3 Å². The number of hydrogen-bond acceptors (Lipinski definition) is 9. The van der Waals surface area contributed by atoms with E-state index in [4.69, 9.17) is 9.47 Å². The lowest BCUT2D eigenvalue weighted by Gasteiger charge is -2.26. The highest BCUT2D eigenvalue weighted by Crippen LogP contribution is 2.38. The van der Waals surface area contributed by atoms with Gasteiger partial charge in [0.1, 0.15) is 5.75 Å². The molecule has 0 aromatic heterocycles. The van der Waals surface area contributed by atoms with Crippen LogP contribution in [0.1, 0.15) is 11.6 Å². The fourth-order valence-electron chi connectivity index (χ4n) is 3.79. The largest absolute Gasteiger partial charge is 0.434 e. The molecule has 9 nitrogen and oxygen atoms in total.